The van der Waals surface area contributed by atoms with Crippen LogP contribution in [-0.2, 0) is 0 Å². The molecule has 5 rings (SSSR count). The van der Waals surface area contributed by atoms with Crippen molar-refractivity contribution in [1.29, 1.82) is 0 Å². The molecule has 0 aliphatic carbocycles. The lowest BCUT2D eigenvalue weighted by atomic mass is 10.2. The van der Waals surface area contributed by atoms with Gasteiger partial charge in [-0.1, -0.05) is 54.6 Å². The highest BCUT2D eigenvalue weighted by atomic mass is 32.1. The first-order chi connectivity index (χ1) is 10.9. The zero-order valence-corrected chi connectivity index (χ0v) is 13.6. The largest absolute Gasteiger partial charge is 0.361 e. The molecule has 3 aromatic carbocycles. The number of H-pyrrole nitrogens is 2. The Morgan fingerprint density at radius 3 is 1.65 bits per heavy atom. The maximum Gasteiger partial charge on any atom is 0.0464 e. The van der Waals surface area contributed by atoms with E-state index < -0.39 is 0 Å². The van der Waals surface area contributed by atoms with Crippen molar-refractivity contribution in [3.8, 4) is 0 Å². The lowest BCUT2D eigenvalue weighted by molar-refractivity contribution is 1.48. The summed E-state index contributed by atoms with van der Waals surface area (Å²) in [6.45, 7) is 0. The van der Waals surface area contributed by atoms with Crippen LogP contribution in [0.3, 0.4) is 0 Å². The van der Waals surface area contributed by atoms with E-state index in [2.05, 4.69) is 76.7 Å². The van der Waals surface area contributed by atoms with Crippen LogP contribution in [0.2, 0.25) is 0 Å². The number of rotatable bonds is 0. The molecule has 23 heavy (non-hydrogen) atoms. The number of hydrogen-bond acceptors (Lipinski definition) is 0. The Morgan fingerprint density at radius 2 is 1.04 bits per heavy atom. The van der Waals surface area contributed by atoms with Crippen molar-refractivity contribution >= 4 is 46.2 Å². The van der Waals surface area contributed by atoms with Gasteiger partial charge in [0, 0.05) is 33.5 Å². The van der Waals surface area contributed by atoms with Crippen molar-refractivity contribution in [2.45, 2.75) is 0 Å². The standard InChI is InChI=1S/C12H9N.C8H7N.H2S/c1-3-7-11-9(5-1)10-6-2-4-8-12(10)13-11;1-2-4-8-7(3-1)5-6-9-8;/h1-8,13H;1-6,9H;1H2. The van der Waals surface area contributed by atoms with E-state index in [4.69, 9.17) is 0 Å². The van der Waals surface area contributed by atoms with Gasteiger partial charge in [-0.05, 0) is 29.7 Å². The zero-order valence-electron chi connectivity index (χ0n) is 12.6. The van der Waals surface area contributed by atoms with Gasteiger partial charge in [-0.25, -0.2) is 0 Å². The normalized spacial score (nSPS) is 10.3. The number of para-hydroxylation sites is 3. The van der Waals surface area contributed by atoms with Crippen LogP contribution in [0.15, 0.2) is 85.1 Å². The molecule has 2 N–H and O–H groups in total. The van der Waals surface area contributed by atoms with Crippen molar-refractivity contribution in [1.82, 2.24) is 9.97 Å². The summed E-state index contributed by atoms with van der Waals surface area (Å²) in [6, 6.07) is 27.0. The van der Waals surface area contributed by atoms with E-state index >= 15 is 0 Å². The fraction of sp³-hybridized carbons (Fsp3) is 0. The van der Waals surface area contributed by atoms with Crippen LogP contribution < -0.4 is 0 Å². The summed E-state index contributed by atoms with van der Waals surface area (Å²) in [7, 11) is 0. The molecule has 0 amide bonds. The number of aromatic amines is 2. The Kier molecular flexibility index (Phi) is 4.40. The van der Waals surface area contributed by atoms with Crippen molar-refractivity contribution < 1.29 is 0 Å². The van der Waals surface area contributed by atoms with E-state index in [1.807, 2.05) is 18.3 Å². The Balaban J connectivity index is 0.000000138. The molecule has 0 unspecified atom stereocenters. The van der Waals surface area contributed by atoms with E-state index in [0.717, 1.165) is 0 Å². The minimum absolute atomic E-state index is 0. The molecule has 0 saturated heterocycles. The lowest BCUT2D eigenvalue weighted by Crippen LogP contribution is -1.62. The minimum atomic E-state index is 0. The van der Waals surface area contributed by atoms with Crippen LogP contribution >= 0.6 is 13.5 Å². The van der Waals surface area contributed by atoms with Crippen LogP contribution in [0.5, 0.6) is 0 Å². The first-order valence-corrected chi connectivity index (χ1v) is 7.39. The lowest BCUT2D eigenvalue weighted by Gasteiger charge is -1.87. The molecule has 0 aliphatic heterocycles. The molecule has 0 radical (unpaired) electrons. The van der Waals surface area contributed by atoms with Crippen LogP contribution in [0.25, 0.3) is 32.7 Å². The van der Waals surface area contributed by atoms with Crippen LogP contribution in [0.4, 0.5) is 0 Å². The fourth-order valence-electron chi connectivity index (χ4n) is 2.79. The predicted molar refractivity (Wildman–Crippen MR) is 104 cm³/mol. The summed E-state index contributed by atoms with van der Waals surface area (Å²) < 4.78 is 0. The van der Waals surface area contributed by atoms with Gasteiger partial charge in [0.05, 0.1) is 0 Å². The van der Waals surface area contributed by atoms with Crippen molar-refractivity contribution in [3.05, 3.63) is 85.1 Å². The molecule has 0 atom stereocenters. The van der Waals surface area contributed by atoms with Gasteiger partial charge in [0.15, 0.2) is 0 Å². The summed E-state index contributed by atoms with van der Waals surface area (Å²) in [4.78, 5) is 6.50. The number of hydrogen-bond donors (Lipinski definition) is 2. The van der Waals surface area contributed by atoms with E-state index in [-0.39, 0.29) is 13.5 Å². The summed E-state index contributed by atoms with van der Waals surface area (Å²) in [5, 5.41) is 3.88. The topological polar surface area (TPSA) is 31.6 Å². The van der Waals surface area contributed by atoms with Gasteiger partial charge in [-0.15, -0.1) is 0 Å². The maximum atomic E-state index is 3.38. The highest BCUT2D eigenvalue weighted by Gasteiger charge is 2.00. The summed E-state index contributed by atoms with van der Waals surface area (Å²) in [5.41, 5.74) is 3.63. The molecule has 2 heterocycles. The molecule has 5 aromatic rings. The quantitative estimate of drug-likeness (QED) is 0.372. The van der Waals surface area contributed by atoms with Crippen LogP contribution in [0.1, 0.15) is 0 Å². The Bertz CT molecular complexity index is 962. The molecule has 0 fully saturated rings. The maximum absolute atomic E-state index is 3.38. The van der Waals surface area contributed by atoms with Gasteiger partial charge < -0.3 is 9.97 Å². The first-order valence-electron chi connectivity index (χ1n) is 7.39. The van der Waals surface area contributed by atoms with Gasteiger partial charge in [0.2, 0.25) is 0 Å². The Hall–Kier alpha value is -2.65. The highest BCUT2D eigenvalue weighted by Crippen LogP contribution is 2.24. The van der Waals surface area contributed by atoms with Gasteiger partial charge in [-0.3, -0.25) is 0 Å². The number of benzene rings is 3. The Morgan fingerprint density at radius 1 is 0.522 bits per heavy atom. The molecule has 0 saturated carbocycles. The second kappa shape index (κ2) is 6.63. The number of aromatic nitrogens is 2. The van der Waals surface area contributed by atoms with E-state index in [1.165, 1.54) is 32.7 Å². The van der Waals surface area contributed by atoms with Crippen LogP contribution in [-0.4, -0.2) is 9.97 Å². The van der Waals surface area contributed by atoms with Gasteiger partial charge in [-0.2, -0.15) is 13.5 Å². The second-order valence-electron chi connectivity index (χ2n) is 5.28. The van der Waals surface area contributed by atoms with Crippen molar-refractivity contribution in [2.75, 3.05) is 0 Å². The average molecular weight is 318 g/mol. The molecule has 0 spiro atoms. The summed E-state index contributed by atoms with van der Waals surface area (Å²) >= 11 is 0. The number of nitrogens with one attached hydrogen (secondary N) is 2. The molecule has 2 nitrogen and oxygen atoms in total. The Labute approximate surface area is 141 Å². The number of fused-ring (bicyclic) bond motifs is 4. The third kappa shape index (κ3) is 2.96. The van der Waals surface area contributed by atoms with Gasteiger partial charge in [0.1, 0.15) is 0 Å². The van der Waals surface area contributed by atoms with E-state index in [0.29, 0.717) is 0 Å². The fourth-order valence-corrected chi connectivity index (χ4v) is 2.79. The van der Waals surface area contributed by atoms with Crippen LogP contribution in [0, 0.1) is 0 Å². The van der Waals surface area contributed by atoms with Gasteiger partial charge >= 0.3 is 0 Å². The predicted octanol–water partition coefficient (Wildman–Crippen LogP) is 5.60. The minimum Gasteiger partial charge on any atom is -0.361 e. The summed E-state index contributed by atoms with van der Waals surface area (Å²) in [6.07, 6.45) is 1.95. The third-order valence-corrected chi connectivity index (χ3v) is 3.88. The molecular weight excluding hydrogens is 300 g/mol. The first kappa shape index (κ1) is 15.3. The monoisotopic (exact) mass is 318 g/mol. The highest BCUT2D eigenvalue weighted by molar-refractivity contribution is 7.59. The third-order valence-electron chi connectivity index (χ3n) is 3.88. The zero-order chi connectivity index (χ0) is 14.8. The smallest absolute Gasteiger partial charge is 0.0464 e. The van der Waals surface area contributed by atoms with Crippen molar-refractivity contribution in [2.24, 2.45) is 0 Å². The molecule has 0 bridgehead atoms. The SMILES string of the molecule is S.c1ccc2[nH]ccc2c1.c1ccc2c(c1)[nH]c1ccccc12. The summed E-state index contributed by atoms with van der Waals surface area (Å²) in [5.74, 6) is 0. The molecule has 3 heteroatoms. The molecule has 114 valence electrons. The van der Waals surface area contributed by atoms with Crippen molar-refractivity contribution in [3.63, 3.8) is 0 Å². The average Bonchev–Trinajstić information content (AvgIpc) is 3.19. The van der Waals surface area contributed by atoms with E-state index in [9.17, 15) is 0 Å². The molecule has 2 aromatic heterocycles. The molecular formula is C20H18N2S. The molecule has 0 aliphatic rings. The van der Waals surface area contributed by atoms with Gasteiger partial charge in [0.25, 0.3) is 0 Å². The van der Waals surface area contributed by atoms with E-state index in [1.54, 1.807) is 0 Å². The second-order valence-corrected chi connectivity index (χ2v) is 5.28.